The Kier molecular flexibility index (Phi) is 2.90. The molecule has 2 aromatic rings. The van der Waals surface area contributed by atoms with Gasteiger partial charge in [-0.1, -0.05) is 6.07 Å². The molecule has 2 bridgehead atoms. The predicted molar refractivity (Wildman–Crippen MR) is 75.0 cm³/mol. The van der Waals surface area contributed by atoms with Crippen LogP contribution in [0.25, 0.3) is 10.6 Å². The van der Waals surface area contributed by atoms with Crippen molar-refractivity contribution in [3.63, 3.8) is 0 Å². The quantitative estimate of drug-likeness (QED) is 0.901. The fraction of sp³-hybridized carbons (Fsp3) is 0.500. The summed E-state index contributed by atoms with van der Waals surface area (Å²) in [5.41, 5.74) is 2.39. The van der Waals surface area contributed by atoms with Gasteiger partial charge in [-0.3, -0.25) is 5.10 Å². The Morgan fingerprint density at radius 1 is 1.47 bits per heavy atom. The number of nitrogens with one attached hydrogen (secondary N) is 2. The van der Waals surface area contributed by atoms with Gasteiger partial charge in [-0.25, -0.2) is 0 Å². The highest BCUT2D eigenvalue weighted by Gasteiger charge is 2.40. The highest BCUT2D eigenvalue weighted by molar-refractivity contribution is 7.13. The molecule has 19 heavy (non-hydrogen) atoms. The van der Waals surface area contributed by atoms with Crippen LogP contribution in [0.15, 0.2) is 23.7 Å². The van der Waals surface area contributed by atoms with Gasteiger partial charge in [0.05, 0.1) is 29.0 Å². The van der Waals surface area contributed by atoms with Gasteiger partial charge in [0, 0.05) is 18.2 Å². The van der Waals surface area contributed by atoms with Crippen molar-refractivity contribution < 1.29 is 4.74 Å². The van der Waals surface area contributed by atoms with Gasteiger partial charge < -0.3 is 10.1 Å². The zero-order valence-corrected chi connectivity index (χ0v) is 11.5. The molecule has 0 aliphatic carbocycles. The SMILES string of the molecule is c1csc(-c2[nH]ncc2CNC2CC3CCC2O3)c1. The molecule has 2 aliphatic heterocycles. The fourth-order valence-corrected chi connectivity index (χ4v) is 3.93. The van der Waals surface area contributed by atoms with Crippen LogP contribution in [-0.4, -0.2) is 28.4 Å². The van der Waals surface area contributed by atoms with Crippen molar-refractivity contribution in [2.75, 3.05) is 0 Å². The first-order valence-electron chi connectivity index (χ1n) is 6.85. The molecule has 0 spiro atoms. The van der Waals surface area contributed by atoms with Gasteiger partial charge in [0.25, 0.3) is 0 Å². The van der Waals surface area contributed by atoms with E-state index in [-0.39, 0.29) is 0 Å². The monoisotopic (exact) mass is 275 g/mol. The molecule has 0 aromatic carbocycles. The van der Waals surface area contributed by atoms with Gasteiger partial charge in [-0.05, 0) is 30.7 Å². The van der Waals surface area contributed by atoms with E-state index in [0.717, 1.165) is 18.7 Å². The third-order valence-electron chi connectivity index (χ3n) is 4.15. The standard InChI is InChI=1S/C14H17N3OS/c1-2-13(19-5-1)14-9(8-16-17-14)7-15-11-6-10-3-4-12(11)18-10/h1-2,5,8,10-12,15H,3-4,6-7H2,(H,16,17). The average Bonchev–Trinajstić information content (AvgIpc) is 3.18. The molecule has 2 aliphatic rings. The van der Waals surface area contributed by atoms with Crippen molar-refractivity contribution in [2.24, 2.45) is 0 Å². The Bertz CT molecular complexity index is 551. The van der Waals surface area contributed by atoms with Crippen molar-refractivity contribution in [3.8, 4) is 10.6 Å². The molecule has 100 valence electrons. The van der Waals surface area contributed by atoms with Crippen LogP contribution >= 0.6 is 11.3 Å². The molecular formula is C14H17N3OS. The van der Waals surface area contributed by atoms with Gasteiger partial charge in [-0.15, -0.1) is 11.3 Å². The Morgan fingerprint density at radius 2 is 2.47 bits per heavy atom. The molecule has 5 heteroatoms. The summed E-state index contributed by atoms with van der Waals surface area (Å²) in [6.45, 7) is 0.862. The Hall–Kier alpha value is -1.17. The van der Waals surface area contributed by atoms with Crippen molar-refractivity contribution in [2.45, 2.75) is 44.1 Å². The smallest absolute Gasteiger partial charge is 0.0794 e. The molecule has 3 atom stereocenters. The minimum atomic E-state index is 0.432. The molecule has 0 radical (unpaired) electrons. The summed E-state index contributed by atoms with van der Waals surface area (Å²) < 4.78 is 5.87. The minimum absolute atomic E-state index is 0.432. The maximum Gasteiger partial charge on any atom is 0.0794 e. The number of aromatic amines is 1. The lowest BCUT2D eigenvalue weighted by Gasteiger charge is -2.19. The van der Waals surface area contributed by atoms with Crippen molar-refractivity contribution >= 4 is 11.3 Å². The molecule has 0 amide bonds. The van der Waals surface area contributed by atoms with Gasteiger partial charge in [0.1, 0.15) is 0 Å². The third-order valence-corrected chi connectivity index (χ3v) is 5.03. The highest BCUT2D eigenvalue weighted by atomic mass is 32.1. The second-order valence-electron chi connectivity index (χ2n) is 5.34. The molecular weight excluding hydrogens is 258 g/mol. The topological polar surface area (TPSA) is 49.9 Å². The van der Waals surface area contributed by atoms with Crippen LogP contribution in [0, 0.1) is 0 Å². The Labute approximate surface area is 116 Å². The maximum absolute atomic E-state index is 5.87. The summed E-state index contributed by atoms with van der Waals surface area (Å²) >= 11 is 1.74. The first-order valence-corrected chi connectivity index (χ1v) is 7.73. The summed E-state index contributed by atoms with van der Waals surface area (Å²) in [6, 6.07) is 4.72. The molecule has 0 saturated carbocycles. The molecule has 2 N–H and O–H groups in total. The Balaban J connectivity index is 1.45. The summed E-state index contributed by atoms with van der Waals surface area (Å²) in [5.74, 6) is 0. The first-order chi connectivity index (χ1) is 9.40. The summed E-state index contributed by atoms with van der Waals surface area (Å²) in [6.07, 6.45) is 6.48. The largest absolute Gasteiger partial charge is 0.373 e. The third kappa shape index (κ3) is 2.12. The summed E-state index contributed by atoms with van der Waals surface area (Å²) in [4.78, 5) is 1.25. The number of rotatable bonds is 4. The van der Waals surface area contributed by atoms with E-state index in [1.807, 2.05) is 6.20 Å². The number of ether oxygens (including phenoxy) is 1. The van der Waals surface area contributed by atoms with E-state index in [2.05, 4.69) is 33.0 Å². The van der Waals surface area contributed by atoms with E-state index in [1.165, 1.54) is 23.3 Å². The molecule has 2 fully saturated rings. The second-order valence-corrected chi connectivity index (χ2v) is 6.29. The van der Waals surface area contributed by atoms with Crippen LogP contribution in [0.5, 0.6) is 0 Å². The molecule has 4 rings (SSSR count). The second kappa shape index (κ2) is 4.74. The number of nitrogens with zero attached hydrogens (tertiary/aromatic N) is 1. The molecule has 2 saturated heterocycles. The zero-order valence-electron chi connectivity index (χ0n) is 10.6. The maximum atomic E-state index is 5.87. The number of hydrogen-bond donors (Lipinski definition) is 2. The molecule has 4 heterocycles. The lowest BCUT2D eigenvalue weighted by atomic mass is 9.95. The van der Waals surface area contributed by atoms with E-state index >= 15 is 0 Å². The van der Waals surface area contributed by atoms with Crippen LogP contribution in [0.3, 0.4) is 0 Å². The lowest BCUT2D eigenvalue weighted by Crippen LogP contribution is -2.37. The predicted octanol–water partition coefficient (Wildman–Crippen LogP) is 2.55. The van der Waals surface area contributed by atoms with Crippen molar-refractivity contribution in [1.29, 1.82) is 0 Å². The van der Waals surface area contributed by atoms with Crippen molar-refractivity contribution in [1.82, 2.24) is 15.5 Å². The normalized spacial score (nSPS) is 29.2. The van der Waals surface area contributed by atoms with Gasteiger partial charge >= 0.3 is 0 Å². The first kappa shape index (κ1) is 11.6. The van der Waals surface area contributed by atoms with Crippen LogP contribution in [-0.2, 0) is 11.3 Å². The highest BCUT2D eigenvalue weighted by Crippen LogP contribution is 2.34. The van der Waals surface area contributed by atoms with Crippen LogP contribution in [0.4, 0.5) is 0 Å². The number of fused-ring (bicyclic) bond motifs is 2. The molecule has 3 unspecified atom stereocenters. The minimum Gasteiger partial charge on any atom is -0.373 e. The zero-order chi connectivity index (χ0) is 12.7. The lowest BCUT2D eigenvalue weighted by molar-refractivity contribution is 0.0973. The average molecular weight is 275 g/mol. The Morgan fingerprint density at radius 3 is 3.21 bits per heavy atom. The molecule has 2 aromatic heterocycles. The van der Waals surface area contributed by atoms with E-state index in [4.69, 9.17) is 4.74 Å². The van der Waals surface area contributed by atoms with E-state index in [0.29, 0.717) is 18.2 Å². The van der Waals surface area contributed by atoms with Gasteiger partial charge in [0.2, 0.25) is 0 Å². The van der Waals surface area contributed by atoms with Crippen LogP contribution < -0.4 is 5.32 Å². The summed E-state index contributed by atoms with van der Waals surface area (Å²) in [7, 11) is 0. The number of hydrogen-bond acceptors (Lipinski definition) is 4. The van der Waals surface area contributed by atoms with Crippen molar-refractivity contribution in [3.05, 3.63) is 29.3 Å². The number of thiophene rings is 1. The van der Waals surface area contributed by atoms with Gasteiger partial charge in [-0.2, -0.15) is 5.10 Å². The van der Waals surface area contributed by atoms with Crippen LogP contribution in [0.2, 0.25) is 0 Å². The summed E-state index contributed by atoms with van der Waals surface area (Å²) in [5, 5.41) is 13.0. The number of aromatic nitrogens is 2. The van der Waals surface area contributed by atoms with E-state index in [9.17, 15) is 0 Å². The van der Waals surface area contributed by atoms with Gasteiger partial charge in [0.15, 0.2) is 0 Å². The number of H-pyrrole nitrogens is 1. The molecule has 4 nitrogen and oxygen atoms in total. The van der Waals surface area contributed by atoms with E-state index < -0.39 is 0 Å². The van der Waals surface area contributed by atoms with Crippen LogP contribution in [0.1, 0.15) is 24.8 Å². The van der Waals surface area contributed by atoms with E-state index in [1.54, 1.807) is 11.3 Å². The fourth-order valence-electron chi connectivity index (χ4n) is 3.17.